The summed E-state index contributed by atoms with van der Waals surface area (Å²) in [6.07, 6.45) is 0. The molecule has 0 N–H and O–H groups in total. The zero-order valence-corrected chi connectivity index (χ0v) is 12.5. The number of benzene rings is 2. The van der Waals surface area contributed by atoms with E-state index < -0.39 is 23.8 Å². The highest BCUT2D eigenvalue weighted by atomic mass is 16.7. The first-order valence-corrected chi connectivity index (χ1v) is 6.96. The normalized spacial score (nSPS) is 12.8. The second-order valence-electron chi connectivity index (χ2n) is 4.92. The monoisotopic (exact) mass is 325 g/mol. The van der Waals surface area contributed by atoms with Gasteiger partial charge in [-0.05, 0) is 24.3 Å². The van der Waals surface area contributed by atoms with Gasteiger partial charge in [0.15, 0.2) is 0 Å². The van der Waals surface area contributed by atoms with Gasteiger partial charge in [0.2, 0.25) is 0 Å². The van der Waals surface area contributed by atoms with E-state index in [1.807, 2.05) is 0 Å². The molecule has 0 bridgehead atoms. The van der Waals surface area contributed by atoms with E-state index in [-0.39, 0.29) is 22.4 Å². The van der Waals surface area contributed by atoms with Crippen LogP contribution in [0.4, 0.5) is 0 Å². The molecule has 7 heteroatoms. The lowest BCUT2D eigenvalue weighted by Gasteiger charge is -2.14. The van der Waals surface area contributed by atoms with Gasteiger partial charge < -0.3 is 9.57 Å². The molecule has 2 aromatic carbocycles. The van der Waals surface area contributed by atoms with Crippen molar-refractivity contribution in [2.45, 2.75) is 6.92 Å². The lowest BCUT2D eigenvalue weighted by atomic mass is 10.1. The molecule has 2 amide bonds. The highest BCUT2D eigenvalue weighted by Crippen LogP contribution is 2.25. The molecule has 1 heterocycles. The third kappa shape index (κ3) is 2.63. The molecule has 0 atom stereocenters. The number of imide groups is 1. The van der Waals surface area contributed by atoms with Gasteiger partial charge in [0, 0.05) is 6.92 Å². The smallest absolute Gasteiger partial charge is 0.367 e. The summed E-state index contributed by atoms with van der Waals surface area (Å²) in [5.74, 6) is -3.08. The third-order valence-electron chi connectivity index (χ3n) is 3.29. The minimum atomic E-state index is -0.985. The van der Waals surface area contributed by atoms with E-state index in [1.165, 1.54) is 37.3 Å². The summed E-state index contributed by atoms with van der Waals surface area (Å²) in [7, 11) is 0. The van der Waals surface area contributed by atoms with Gasteiger partial charge in [-0.1, -0.05) is 29.3 Å². The van der Waals surface area contributed by atoms with Crippen LogP contribution in [0.15, 0.2) is 48.5 Å². The standard InChI is InChI=1S/C17H11NO6/c1-10(19)23-14-9-5-4-8-13(14)17(22)24-18-15(20)11-6-2-3-7-12(11)16(18)21/h2-9H,1H3. The second kappa shape index (κ2) is 5.96. The quantitative estimate of drug-likeness (QED) is 0.487. The summed E-state index contributed by atoms with van der Waals surface area (Å²) >= 11 is 0. The Labute approximate surface area is 136 Å². The Morgan fingerprint density at radius 2 is 1.42 bits per heavy atom. The van der Waals surface area contributed by atoms with Crippen molar-refractivity contribution in [2.75, 3.05) is 0 Å². The number of para-hydroxylation sites is 1. The number of hydroxylamine groups is 2. The molecule has 0 saturated heterocycles. The van der Waals surface area contributed by atoms with Crippen molar-refractivity contribution in [1.82, 2.24) is 5.06 Å². The van der Waals surface area contributed by atoms with Crippen LogP contribution >= 0.6 is 0 Å². The number of hydrogen-bond acceptors (Lipinski definition) is 6. The molecular formula is C17H11NO6. The number of rotatable bonds is 3. The Morgan fingerprint density at radius 1 is 0.875 bits per heavy atom. The van der Waals surface area contributed by atoms with E-state index in [0.717, 1.165) is 0 Å². The van der Waals surface area contributed by atoms with Crippen molar-refractivity contribution in [1.29, 1.82) is 0 Å². The van der Waals surface area contributed by atoms with Crippen LogP contribution in [0.1, 0.15) is 38.0 Å². The first-order chi connectivity index (χ1) is 11.5. The Hall–Kier alpha value is -3.48. The fourth-order valence-electron chi connectivity index (χ4n) is 2.26. The van der Waals surface area contributed by atoms with Crippen molar-refractivity contribution in [3.63, 3.8) is 0 Å². The Bertz CT molecular complexity index is 838. The largest absolute Gasteiger partial charge is 0.426 e. The number of carbonyl (C=O) groups excluding carboxylic acids is 4. The molecule has 1 aliphatic rings. The van der Waals surface area contributed by atoms with Crippen molar-refractivity contribution >= 4 is 23.8 Å². The Kier molecular flexibility index (Phi) is 3.83. The number of esters is 1. The molecule has 0 radical (unpaired) electrons. The molecule has 0 unspecified atom stereocenters. The van der Waals surface area contributed by atoms with Crippen LogP contribution in [0.2, 0.25) is 0 Å². The molecule has 3 rings (SSSR count). The van der Waals surface area contributed by atoms with E-state index in [9.17, 15) is 19.2 Å². The summed E-state index contributed by atoms with van der Waals surface area (Å²) in [5, 5.41) is 0.400. The number of ether oxygens (including phenoxy) is 1. The third-order valence-corrected chi connectivity index (χ3v) is 3.29. The van der Waals surface area contributed by atoms with Crippen molar-refractivity contribution in [3.8, 4) is 5.75 Å². The van der Waals surface area contributed by atoms with Gasteiger partial charge in [-0.15, -0.1) is 0 Å². The Morgan fingerprint density at radius 3 is 2.00 bits per heavy atom. The maximum Gasteiger partial charge on any atom is 0.367 e. The van der Waals surface area contributed by atoms with Gasteiger partial charge >= 0.3 is 11.9 Å². The molecule has 0 aliphatic carbocycles. The van der Waals surface area contributed by atoms with E-state index in [4.69, 9.17) is 9.57 Å². The maximum absolute atomic E-state index is 12.3. The van der Waals surface area contributed by atoms with Crippen LogP contribution in [0, 0.1) is 0 Å². The number of hydrogen-bond donors (Lipinski definition) is 0. The molecule has 24 heavy (non-hydrogen) atoms. The summed E-state index contributed by atoms with van der Waals surface area (Å²) in [6.45, 7) is 1.19. The van der Waals surface area contributed by atoms with Gasteiger partial charge in [-0.3, -0.25) is 14.4 Å². The first-order valence-electron chi connectivity index (χ1n) is 6.96. The fraction of sp³-hybridized carbons (Fsp3) is 0.0588. The summed E-state index contributed by atoms with van der Waals surface area (Å²) in [6, 6.07) is 12.0. The summed E-state index contributed by atoms with van der Waals surface area (Å²) in [5.41, 5.74) is 0.233. The number of nitrogens with zero attached hydrogens (tertiary/aromatic N) is 1. The molecule has 0 saturated carbocycles. The van der Waals surface area contributed by atoms with Crippen LogP contribution in [0.3, 0.4) is 0 Å². The molecule has 0 aromatic heterocycles. The van der Waals surface area contributed by atoms with E-state index in [1.54, 1.807) is 18.2 Å². The molecule has 2 aromatic rings. The van der Waals surface area contributed by atoms with Crippen molar-refractivity contribution < 1.29 is 28.8 Å². The lowest BCUT2D eigenvalue weighted by molar-refractivity contribution is -0.131. The maximum atomic E-state index is 12.3. The van der Waals surface area contributed by atoms with E-state index >= 15 is 0 Å². The fourth-order valence-corrected chi connectivity index (χ4v) is 2.26. The average Bonchev–Trinajstić information content (AvgIpc) is 2.80. The van der Waals surface area contributed by atoms with Crippen LogP contribution in [-0.2, 0) is 9.63 Å². The van der Waals surface area contributed by atoms with Gasteiger partial charge in [0.05, 0.1) is 11.1 Å². The molecular weight excluding hydrogens is 314 g/mol. The molecule has 0 spiro atoms. The number of fused-ring (bicyclic) bond motifs is 1. The minimum absolute atomic E-state index is 0.0217. The lowest BCUT2D eigenvalue weighted by Crippen LogP contribution is -2.32. The van der Waals surface area contributed by atoms with Crippen molar-refractivity contribution in [3.05, 3.63) is 65.2 Å². The zero-order valence-electron chi connectivity index (χ0n) is 12.5. The van der Waals surface area contributed by atoms with Gasteiger partial charge in [-0.2, -0.15) is 0 Å². The van der Waals surface area contributed by atoms with Gasteiger partial charge in [0.25, 0.3) is 11.8 Å². The SMILES string of the molecule is CC(=O)Oc1ccccc1C(=O)ON1C(=O)c2ccccc2C1=O. The molecule has 120 valence electrons. The number of amides is 2. The van der Waals surface area contributed by atoms with Gasteiger partial charge in [0.1, 0.15) is 11.3 Å². The van der Waals surface area contributed by atoms with Crippen LogP contribution in [0.25, 0.3) is 0 Å². The van der Waals surface area contributed by atoms with Crippen LogP contribution in [-0.4, -0.2) is 28.8 Å². The van der Waals surface area contributed by atoms with E-state index in [0.29, 0.717) is 5.06 Å². The highest BCUT2D eigenvalue weighted by molar-refractivity contribution is 6.21. The summed E-state index contributed by atoms with van der Waals surface area (Å²) in [4.78, 5) is 52.7. The highest BCUT2D eigenvalue weighted by Gasteiger charge is 2.39. The zero-order chi connectivity index (χ0) is 17.3. The predicted molar refractivity (Wildman–Crippen MR) is 80.1 cm³/mol. The molecule has 1 aliphatic heterocycles. The number of carbonyl (C=O) groups is 4. The average molecular weight is 325 g/mol. The topological polar surface area (TPSA) is 90.0 Å². The minimum Gasteiger partial charge on any atom is -0.426 e. The van der Waals surface area contributed by atoms with Crippen LogP contribution < -0.4 is 4.74 Å². The first kappa shape index (κ1) is 15.4. The van der Waals surface area contributed by atoms with Crippen LogP contribution in [0.5, 0.6) is 5.75 Å². The van der Waals surface area contributed by atoms with E-state index in [2.05, 4.69) is 0 Å². The Balaban J connectivity index is 1.86. The molecule has 0 fully saturated rings. The van der Waals surface area contributed by atoms with Crippen molar-refractivity contribution in [2.24, 2.45) is 0 Å². The molecule has 7 nitrogen and oxygen atoms in total. The summed E-state index contributed by atoms with van der Waals surface area (Å²) < 4.78 is 4.92. The van der Waals surface area contributed by atoms with Gasteiger partial charge in [-0.25, -0.2) is 4.79 Å². The second-order valence-corrected chi connectivity index (χ2v) is 4.92. The predicted octanol–water partition coefficient (Wildman–Crippen LogP) is 1.98.